The zero-order chi connectivity index (χ0) is 95.8. The molecule has 0 saturated heterocycles. The first-order valence-electron chi connectivity index (χ1n) is 36.6. The minimum atomic E-state index is -9.16. The molecule has 0 spiro atoms. The lowest BCUT2D eigenvalue weighted by Crippen LogP contribution is -3.21. The van der Waals surface area contributed by atoms with Gasteiger partial charge in [0.1, 0.15) is 0 Å². The molecule has 0 heterocycles. The molecule has 8 unspecified atom stereocenters. The highest BCUT2D eigenvalue weighted by Gasteiger charge is 3.07. The van der Waals surface area contributed by atoms with Gasteiger partial charge in [-0.3, -0.25) is 0 Å². The van der Waals surface area contributed by atoms with E-state index in [9.17, 15) is 162 Å². The van der Waals surface area contributed by atoms with Crippen LogP contribution in [0.1, 0.15) is 6.42 Å². The lowest BCUT2D eigenvalue weighted by Gasteiger charge is -2.77. The number of rotatable bonds is 75. The van der Waals surface area contributed by atoms with Crippen LogP contribution in [0.2, 0.25) is 51.9 Å². The minimum Gasteiger partial charge on any atom is -0.442 e. The first-order chi connectivity index (χ1) is 57.5. The molecule has 0 amide bonds. The van der Waals surface area contributed by atoms with Gasteiger partial charge in [-0.05, 0) is 51.9 Å². The second-order valence-electron chi connectivity index (χ2n) is 29.0. The van der Waals surface area contributed by atoms with Crippen LogP contribution in [0, 0.1) is 0 Å². The maximum atomic E-state index is 16.3. The van der Waals surface area contributed by atoms with Crippen molar-refractivity contribution in [2.45, 2.75) is 64.5 Å². The predicted octanol–water partition coefficient (Wildman–Crippen LogP) is -53.6. The molecule has 123 heavy (non-hydrogen) atoms. The topological polar surface area (TPSA) is 872 Å². The second kappa shape index (κ2) is 58.6. The predicted molar refractivity (Wildman–Crippen MR) is 572 cm³/mol. The van der Waals surface area contributed by atoms with Crippen molar-refractivity contribution in [2.24, 2.45) is 0 Å². The van der Waals surface area contributed by atoms with Crippen molar-refractivity contribution in [1.82, 2.24) is 0 Å². The number of halogens is 3. The van der Waals surface area contributed by atoms with Gasteiger partial charge in [0.25, 0.3) is 147 Å². The summed E-state index contributed by atoms with van der Waals surface area (Å²) in [4.78, 5) is 452. The van der Waals surface area contributed by atoms with E-state index in [2.05, 4.69) is 0 Å². The highest BCUT2D eigenvalue weighted by molar-refractivity contribution is 8.34. The van der Waals surface area contributed by atoms with Crippen molar-refractivity contribution >= 4 is 478 Å². The molecule has 0 aliphatic rings. The molecule has 34 N–H and O–H groups in total. The van der Waals surface area contributed by atoms with Crippen LogP contribution < -0.4 is 0 Å². The maximum absolute atomic E-state index is 16.3. The standard InChI is InChI=1S/C11H131F3O54Si55/c1-49-106(8,69)120(61-102(2)47,119(101-46,60-80-25)105(7,48)10-9-11(12,13)14)122(66-109(85-30,86-31)52-72-17,123(117(97-42,98-43)58-78-23,118(99-44,100-45)59-79-24)67-110(87-32,88-33)53-73-18)111(63-103(3)62-104(4,5)6,121(115(93-38,94-39)56-76-21,116(95-40,96-41)57-77-22)65-108(83-28,84-29)51-71-16)68-112(113(89-34,90-35)54-74-19,114(91-36,92-37)55-75-20)64-107(81-26,82-27)50-70-15/h15-48,102-103H,9-10,70-101H2,1-8,69H3. The Kier molecular flexibility index (Phi) is 63.2. The third kappa shape index (κ3) is 26.5. The van der Waals surface area contributed by atoms with Crippen LogP contribution in [0.25, 0.3) is 0 Å². The molecule has 0 aliphatic carbocycles. The van der Waals surface area contributed by atoms with E-state index in [1.54, 1.807) is 0 Å². The molecule has 0 aliphatic heterocycles. The van der Waals surface area contributed by atoms with Gasteiger partial charge in [0.05, 0.1) is 0 Å². The third-order valence-corrected chi connectivity index (χ3v) is 613. The van der Waals surface area contributed by atoms with Crippen LogP contribution in [0.15, 0.2) is 0 Å². The molecule has 8 atom stereocenters. The van der Waals surface area contributed by atoms with Crippen LogP contribution >= 0.6 is 0 Å². The summed E-state index contributed by atoms with van der Waals surface area (Å²) in [5, 5.41) is 0. The molecule has 740 valence electrons. The first kappa shape index (κ1) is 133. The fraction of sp³-hybridized carbons (Fsp3) is 1.00. The number of alkyl halides is 3. The Morgan fingerprint density at radius 2 is 0.561 bits per heavy atom. The molecule has 112 heteroatoms. The van der Waals surface area contributed by atoms with Crippen molar-refractivity contribution in [3.63, 3.8) is 0 Å². The van der Waals surface area contributed by atoms with Crippen molar-refractivity contribution in [2.75, 3.05) is 7.11 Å². The van der Waals surface area contributed by atoms with Gasteiger partial charge in [0, 0.05) is 23.3 Å². The quantitative estimate of drug-likeness (QED) is 0.0251. The Balaban J connectivity index is 18.0. The summed E-state index contributed by atoms with van der Waals surface area (Å²) >= 11 is 0. The number of hydrogen-bond acceptors (Lipinski definition) is 54. The average molecular weight is 2730 g/mol. The van der Waals surface area contributed by atoms with Crippen LogP contribution in [0.3, 0.4) is 0 Å². The van der Waals surface area contributed by atoms with E-state index < -0.39 is 497 Å². The summed E-state index contributed by atoms with van der Waals surface area (Å²) in [7, 11) is -200. The van der Waals surface area contributed by atoms with Crippen LogP contribution in [0.4, 0.5) is 13.2 Å². The van der Waals surface area contributed by atoms with Gasteiger partial charge in [0.15, 0.2) is 136 Å². The van der Waals surface area contributed by atoms with E-state index >= 15 is 18.0 Å². The summed E-state index contributed by atoms with van der Waals surface area (Å²) in [6.45, 7) is -74.1. The normalized spacial score (nSPS) is 26.0. The van der Waals surface area contributed by atoms with E-state index in [4.69, 9.17) is 78.5 Å². The largest absolute Gasteiger partial charge is 0.442 e. The van der Waals surface area contributed by atoms with Crippen molar-refractivity contribution in [3.8, 4) is 0 Å². The van der Waals surface area contributed by atoms with E-state index in [-0.39, 0.29) is 0 Å². The lowest BCUT2D eigenvalue weighted by molar-refractivity contribution is -0.131. The summed E-state index contributed by atoms with van der Waals surface area (Å²) < 4.78 is 197. The smallest absolute Gasteiger partial charge is 0.388 e. The SMILES string of the molecule is CO[Si](C)([SiH3])[Si](O[SiH](C)O)([Si](O[SiH2]O)([SiH2]O)[Si](C)(O)CCC(F)(F)F)[Si](O[Si](O[SiH2]O)([SiH2]O)[SiH2]O)([Si](O[SiH](C)O[Si](C)(C)C)(O[Si](O[Si](O[SiH2]O)([SiH2]O)[SiH2]O)([Si](O[SiH2]O)([SiH2]O)[SiH2]O)[Si](O[SiH2]O)([SiH2]O)[SiH2]O)[Si](O[Si](O[SiH2]O)([SiH2]O)[SiH2]O)([Si](O[SiH2]O)([SiH2]O)[SiH2]O)[Si](O[SiH2]O)([SiH2]O)[SiH2]O)[Si](O[Si](O[SiH2]O)([SiH2]O)[SiH2]O)([Si](O[SiH2]O)([SiH2]O)[SiH2]O)[Si](O[SiH2]O)([SiH2]O)[SiH2]O. The van der Waals surface area contributed by atoms with Crippen LogP contribution in [0.5, 0.6) is 0 Å². The van der Waals surface area contributed by atoms with Gasteiger partial charge >= 0.3 is 61.0 Å². The average Bonchev–Trinajstić information content (AvgIpc) is 0.615. The van der Waals surface area contributed by atoms with E-state index in [0.29, 0.717) is 6.55 Å². The summed E-state index contributed by atoms with van der Waals surface area (Å²) in [5.74, 6) is 0. The van der Waals surface area contributed by atoms with E-state index in [1.165, 1.54) is 19.6 Å². The van der Waals surface area contributed by atoms with Gasteiger partial charge in [0.2, 0.25) is 130 Å². The molecule has 0 fully saturated rings. The molecule has 0 rings (SSSR count). The highest BCUT2D eigenvalue weighted by atomic mass is 30.6. The Labute approximate surface area is 799 Å². The molecule has 0 radical (unpaired) electrons. The fourth-order valence-corrected chi connectivity index (χ4v) is 1150. The fourth-order valence-electron chi connectivity index (χ4n) is 15.4. The van der Waals surface area contributed by atoms with Crippen LogP contribution in [-0.2, 0) is 82.6 Å². The molecular weight excluding hydrogens is 2600 g/mol. The molecular formula is C11H131F3O54Si55. The Morgan fingerprint density at radius 3 is 0.797 bits per heavy atom. The van der Waals surface area contributed by atoms with Gasteiger partial charge in [-0.25, -0.2) is 0 Å². The Hall–Kier alpha value is 9.56. The highest BCUT2D eigenvalue weighted by Crippen LogP contribution is 2.61. The van der Waals surface area contributed by atoms with Gasteiger partial charge in [-0.2, -0.15) is 13.2 Å². The molecule has 0 aromatic rings. The maximum Gasteiger partial charge on any atom is 0.388 e. The molecule has 0 bridgehead atoms. The Morgan fingerprint density at radius 1 is 0.301 bits per heavy atom. The third-order valence-electron chi connectivity index (χ3n) is 21.1. The van der Waals surface area contributed by atoms with Crippen molar-refractivity contribution < 1.29 is 259 Å². The van der Waals surface area contributed by atoms with Crippen molar-refractivity contribution in [1.29, 1.82) is 0 Å². The van der Waals surface area contributed by atoms with Gasteiger partial charge < -0.3 is 246 Å². The first-order valence-corrected chi connectivity index (χ1v) is 173. The molecule has 0 aromatic heterocycles. The minimum absolute atomic E-state index is 0.662. The number of hydrogen-bond donors (Lipinski definition) is 34. The van der Waals surface area contributed by atoms with Crippen LogP contribution in [-0.4, -0.2) is 654 Å². The molecule has 0 saturated carbocycles. The van der Waals surface area contributed by atoms with E-state index in [1.807, 2.05) is 0 Å². The zero-order valence-electron chi connectivity index (χ0n) is 69.2. The summed E-state index contributed by atoms with van der Waals surface area (Å²) in [5.41, 5.74) is 0. The van der Waals surface area contributed by atoms with Gasteiger partial charge in [-0.15, -0.1) is 0 Å². The zero-order valence-corrected chi connectivity index (χ0v) is 139. The van der Waals surface area contributed by atoms with Crippen molar-refractivity contribution in [3.05, 3.63) is 0 Å². The molecule has 0 aromatic carbocycles. The summed E-state index contributed by atoms with van der Waals surface area (Å²) in [6.07, 6.45) is -7.82. The molecule has 54 nitrogen and oxygen atoms in total. The van der Waals surface area contributed by atoms with Gasteiger partial charge in [-0.1, -0.05) is 0 Å². The van der Waals surface area contributed by atoms with E-state index in [0.717, 1.165) is 26.8 Å². The Bertz CT molecular complexity index is 2830. The monoisotopic (exact) mass is 2720 g/mol. The second-order valence-corrected chi connectivity index (χ2v) is 342. The summed E-state index contributed by atoms with van der Waals surface area (Å²) in [6, 6.07) is -1.82. The lowest BCUT2D eigenvalue weighted by atomic mass is 10.5.